The topological polar surface area (TPSA) is 77.9 Å². The number of hydrogen-bond donors (Lipinski definition) is 1. The van der Waals surface area contributed by atoms with Gasteiger partial charge < -0.3 is 14.9 Å². The minimum Gasteiger partial charge on any atom is -0.481 e. The van der Waals surface area contributed by atoms with Gasteiger partial charge in [0.2, 0.25) is 5.91 Å². The summed E-state index contributed by atoms with van der Waals surface area (Å²) in [6.45, 7) is 2.51. The molecule has 1 unspecified atom stereocenters. The molecule has 1 aliphatic carbocycles. The molecule has 6 nitrogen and oxygen atoms in total. The van der Waals surface area contributed by atoms with E-state index in [9.17, 15) is 14.4 Å². The minimum atomic E-state index is -0.898. The number of amides is 2. The summed E-state index contributed by atoms with van der Waals surface area (Å²) in [6.07, 6.45) is 3.22. The lowest BCUT2D eigenvalue weighted by atomic mass is 10.1. The van der Waals surface area contributed by atoms with Crippen LogP contribution in [0.3, 0.4) is 0 Å². The molecule has 2 fully saturated rings. The van der Waals surface area contributed by atoms with Crippen molar-refractivity contribution in [1.82, 2.24) is 4.90 Å². The van der Waals surface area contributed by atoms with E-state index in [0.29, 0.717) is 18.5 Å². The van der Waals surface area contributed by atoms with Gasteiger partial charge in [-0.1, -0.05) is 13.0 Å². The van der Waals surface area contributed by atoms with Gasteiger partial charge in [-0.25, -0.2) is 0 Å². The number of carboxylic acids is 1. The fraction of sp³-hybridized carbons (Fsp3) is 0.500. The maximum atomic E-state index is 12.9. The lowest BCUT2D eigenvalue weighted by molar-refractivity contribution is -0.141. The minimum absolute atomic E-state index is 0.0816. The average molecular weight is 330 g/mol. The van der Waals surface area contributed by atoms with Gasteiger partial charge in [0.1, 0.15) is 0 Å². The Kier molecular flexibility index (Phi) is 4.55. The van der Waals surface area contributed by atoms with E-state index in [1.807, 2.05) is 6.07 Å². The van der Waals surface area contributed by atoms with Crippen LogP contribution in [0.15, 0.2) is 24.3 Å². The molecule has 24 heavy (non-hydrogen) atoms. The fourth-order valence-electron chi connectivity index (χ4n) is 3.05. The van der Waals surface area contributed by atoms with Gasteiger partial charge in [0, 0.05) is 36.8 Å². The van der Waals surface area contributed by atoms with Crippen molar-refractivity contribution in [1.29, 1.82) is 0 Å². The predicted molar refractivity (Wildman–Crippen MR) is 88.9 cm³/mol. The van der Waals surface area contributed by atoms with E-state index in [1.54, 1.807) is 34.9 Å². The van der Waals surface area contributed by atoms with Crippen molar-refractivity contribution in [2.24, 2.45) is 5.92 Å². The maximum Gasteiger partial charge on any atom is 0.308 e. The molecule has 2 aliphatic rings. The molecule has 128 valence electrons. The van der Waals surface area contributed by atoms with E-state index in [2.05, 4.69) is 0 Å². The molecule has 1 saturated carbocycles. The second kappa shape index (κ2) is 6.63. The molecule has 1 saturated heterocycles. The summed E-state index contributed by atoms with van der Waals surface area (Å²) in [5.41, 5.74) is 1.25. The Labute approximate surface area is 141 Å². The number of carbonyl (C=O) groups excluding carboxylic acids is 2. The molecule has 2 amide bonds. The van der Waals surface area contributed by atoms with E-state index in [4.69, 9.17) is 5.11 Å². The molecule has 1 N–H and O–H groups in total. The van der Waals surface area contributed by atoms with E-state index in [0.717, 1.165) is 24.9 Å². The van der Waals surface area contributed by atoms with Crippen LogP contribution in [0.2, 0.25) is 0 Å². The van der Waals surface area contributed by atoms with Gasteiger partial charge in [-0.2, -0.15) is 0 Å². The monoisotopic (exact) mass is 330 g/mol. The first-order valence-corrected chi connectivity index (χ1v) is 8.41. The van der Waals surface area contributed by atoms with Crippen LogP contribution in [0, 0.1) is 5.92 Å². The lowest BCUT2D eigenvalue weighted by Crippen LogP contribution is -2.38. The van der Waals surface area contributed by atoms with Crippen LogP contribution >= 0.6 is 0 Å². The third kappa shape index (κ3) is 3.42. The standard InChI is InChI=1S/C18H22N2O4/c1-12(18(23)24)11-20(14-7-8-14)17(22)13-4-2-5-15(10-13)19-9-3-6-16(19)21/h2,4-5,10,12,14H,3,6-9,11H2,1H3,(H,23,24). The fourth-order valence-corrected chi connectivity index (χ4v) is 3.05. The van der Waals surface area contributed by atoms with Gasteiger partial charge in [-0.15, -0.1) is 0 Å². The quantitative estimate of drug-likeness (QED) is 0.867. The van der Waals surface area contributed by atoms with Crippen LogP contribution < -0.4 is 4.90 Å². The Hall–Kier alpha value is -2.37. The molecule has 1 aliphatic heterocycles. The zero-order valence-corrected chi connectivity index (χ0v) is 13.8. The molecule has 0 bridgehead atoms. The first-order chi connectivity index (χ1) is 11.5. The number of anilines is 1. The van der Waals surface area contributed by atoms with Gasteiger partial charge in [0.15, 0.2) is 0 Å². The molecule has 6 heteroatoms. The molecule has 0 radical (unpaired) electrons. The largest absolute Gasteiger partial charge is 0.481 e. The van der Waals surface area contributed by atoms with Gasteiger partial charge in [0.25, 0.3) is 5.91 Å². The number of rotatable bonds is 6. The zero-order valence-electron chi connectivity index (χ0n) is 13.8. The summed E-state index contributed by atoms with van der Waals surface area (Å²) >= 11 is 0. The first kappa shape index (κ1) is 16.5. The number of benzene rings is 1. The molecular weight excluding hydrogens is 308 g/mol. The van der Waals surface area contributed by atoms with E-state index in [1.165, 1.54) is 0 Å². The third-order valence-corrected chi connectivity index (χ3v) is 4.62. The zero-order chi connectivity index (χ0) is 17.3. The predicted octanol–water partition coefficient (Wildman–Crippen LogP) is 2.14. The molecule has 1 aromatic carbocycles. The summed E-state index contributed by atoms with van der Waals surface area (Å²) < 4.78 is 0. The maximum absolute atomic E-state index is 12.9. The summed E-state index contributed by atoms with van der Waals surface area (Å²) in [6, 6.07) is 7.22. The third-order valence-electron chi connectivity index (χ3n) is 4.62. The van der Waals surface area contributed by atoms with Crippen molar-refractivity contribution in [3.8, 4) is 0 Å². The van der Waals surface area contributed by atoms with Crippen LogP contribution in [-0.2, 0) is 9.59 Å². The summed E-state index contributed by atoms with van der Waals surface area (Å²) in [4.78, 5) is 39.3. The Morgan fingerprint density at radius 1 is 1.38 bits per heavy atom. The molecule has 0 spiro atoms. The van der Waals surface area contributed by atoms with Gasteiger partial charge in [-0.05, 0) is 37.5 Å². The second-order valence-corrected chi connectivity index (χ2v) is 6.63. The smallest absolute Gasteiger partial charge is 0.308 e. The number of aliphatic carboxylic acids is 1. The Morgan fingerprint density at radius 3 is 2.71 bits per heavy atom. The van der Waals surface area contributed by atoms with E-state index >= 15 is 0 Å². The number of nitrogens with zero attached hydrogens (tertiary/aromatic N) is 2. The normalized spacial score (nSPS) is 18.5. The Morgan fingerprint density at radius 2 is 2.12 bits per heavy atom. The number of carboxylic acid groups (broad SMARTS) is 1. The molecule has 1 aromatic rings. The lowest BCUT2D eigenvalue weighted by Gasteiger charge is -2.25. The van der Waals surface area contributed by atoms with Crippen molar-refractivity contribution in [3.63, 3.8) is 0 Å². The Bertz CT molecular complexity index is 669. The summed E-state index contributed by atoms with van der Waals surface area (Å²) in [5, 5.41) is 9.12. The Balaban J connectivity index is 1.80. The molecular formula is C18H22N2O4. The molecule has 1 heterocycles. The highest BCUT2D eigenvalue weighted by molar-refractivity contribution is 5.99. The van der Waals surface area contributed by atoms with Gasteiger partial charge in [-0.3, -0.25) is 14.4 Å². The highest BCUT2D eigenvalue weighted by Crippen LogP contribution is 2.30. The molecule has 3 rings (SSSR count). The van der Waals surface area contributed by atoms with Crippen LogP contribution in [-0.4, -0.2) is 46.9 Å². The average Bonchev–Trinajstić information content (AvgIpc) is 3.32. The van der Waals surface area contributed by atoms with E-state index in [-0.39, 0.29) is 24.4 Å². The molecule has 1 atom stereocenters. The second-order valence-electron chi connectivity index (χ2n) is 6.63. The van der Waals surface area contributed by atoms with Crippen LogP contribution in [0.5, 0.6) is 0 Å². The summed E-state index contributed by atoms with van der Waals surface area (Å²) in [7, 11) is 0. The van der Waals surface area contributed by atoms with Gasteiger partial charge >= 0.3 is 5.97 Å². The summed E-state index contributed by atoms with van der Waals surface area (Å²) in [5.74, 6) is -1.57. The van der Waals surface area contributed by atoms with Crippen LogP contribution in [0.4, 0.5) is 5.69 Å². The van der Waals surface area contributed by atoms with Crippen molar-refractivity contribution < 1.29 is 19.5 Å². The van der Waals surface area contributed by atoms with Crippen molar-refractivity contribution >= 4 is 23.5 Å². The van der Waals surface area contributed by atoms with Crippen LogP contribution in [0.1, 0.15) is 43.0 Å². The van der Waals surface area contributed by atoms with Crippen molar-refractivity contribution in [3.05, 3.63) is 29.8 Å². The number of carbonyl (C=O) groups is 3. The first-order valence-electron chi connectivity index (χ1n) is 8.41. The van der Waals surface area contributed by atoms with Crippen molar-refractivity contribution in [2.45, 2.75) is 38.6 Å². The van der Waals surface area contributed by atoms with Crippen LogP contribution in [0.25, 0.3) is 0 Å². The number of hydrogen-bond acceptors (Lipinski definition) is 3. The highest BCUT2D eigenvalue weighted by atomic mass is 16.4. The SMILES string of the molecule is CC(CN(C(=O)c1cccc(N2CCCC2=O)c1)C1CC1)C(=O)O. The van der Waals surface area contributed by atoms with Crippen molar-refractivity contribution in [2.75, 3.05) is 18.0 Å². The van der Waals surface area contributed by atoms with Gasteiger partial charge in [0.05, 0.1) is 5.92 Å². The van der Waals surface area contributed by atoms with E-state index < -0.39 is 11.9 Å². The molecule has 0 aromatic heterocycles. The highest BCUT2D eigenvalue weighted by Gasteiger charge is 2.35.